The minimum absolute atomic E-state index is 0.0101. The number of sulfonamides is 1. The molecule has 2 heterocycles. The number of carbonyl (C=O) groups is 2. The molecule has 0 unspecified atom stereocenters. The second kappa shape index (κ2) is 8.61. The summed E-state index contributed by atoms with van der Waals surface area (Å²) in [6.45, 7) is 2.75. The van der Waals surface area contributed by atoms with Crippen LogP contribution in [0.15, 0.2) is 35.2 Å². The van der Waals surface area contributed by atoms with E-state index in [1.165, 1.54) is 65.2 Å². The third-order valence-electron chi connectivity index (χ3n) is 5.88. The topological polar surface area (TPSA) is 74.8 Å². The van der Waals surface area contributed by atoms with Crippen molar-refractivity contribution in [3.05, 3.63) is 51.2 Å². The number of amides is 1. The number of hydrogen-bond donors (Lipinski definition) is 0. The fraction of sp³-hybridized carbons (Fsp3) is 0.455. The van der Waals surface area contributed by atoms with E-state index in [9.17, 15) is 18.0 Å². The maximum absolute atomic E-state index is 13.0. The summed E-state index contributed by atoms with van der Waals surface area (Å²) >= 11 is 1.61. The van der Waals surface area contributed by atoms with Gasteiger partial charge in [-0.05, 0) is 56.4 Å². The summed E-state index contributed by atoms with van der Waals surface area (Å²) in [6.07, 6.45) is 5.72. The van der Waals surface area contributed by atoms with E-state index in [1.807, 2.05) is 6.07 Å². The molecule has 1 fully saturated rings. The van der Waals surface area contributed by atoms with Gasteiger partial charge in [0.2, 0.25) is 10.0 Å². The number of carbonyl (C=O) groups excluding carboxylic acids is 2. The minimum Gasteiger partial charge on any atom is -0.335 e. The Balaban J connectivity index is 1.42. The third-order valence-corrected chi connectivity index (χ3v) is 9.02. The number of piperazine rings is 1. The molecule has 0 atom stereocenters. The number of rotatable bonds is 4. The highest BCUT2D eigenvalue weighted by Gasteiger charge is 2.31. The lowest BCUT2D eigenvalue weighted by Gasteiger charge is -2.33. The van der Waals surface area contributed by atoms with Crippen molar-refractivity contribution in [2.45, 2.75) is 43.9 Å². The van der Waals surface area contributed by atoms with Crippen LogP contribution >= 0.6 is 11.3 Å². The van der Waals surface area contributed by atoms with E-state index in [4.69, 9.17) is 0 Å². The lowest BCUT2D eigenvalue weighted by Crippen LogP contribution is -2.50. The number of fused-ring (bicyclic) bond motifs is 1. The van der Waals surface area contributed by atoms with Gasteiger partial charge in [-0.1, -0.05) is 18.6 Å². The maximum Gasteiger partial charge on any atom is 0.264 e. The van der Waals surface area contributed by atoms with Gasteiger partial charge in [0.25, 0.3) is 5.91 Å². The summed E-state index contributed by atoms with van der Waals surface area (Å²) in [6, 6.07) is 8.07. The number of ketones is 1. The molecular weight excluding hydrogens is 420 g/mol. The van der Waals surface area contributed by atoms with Crippen molar-refractivity contribution in [1.29, 1.82) is 0 Å². The van der Waals surface area contributed by atoms with Crippen molar-refractivity contribution in [2.24, 2.45) is 0 Å². The molecule has 8 heteroatoms. The van der Waals surface area contributed by atoms with Gasteiger partial charge in [0.05, 0.1) is 9.77 Å². The Morgan fingerprint density at radius 1 is 0.933 bits per heavy atom. The molecule has 2 aromatic rings. The van der Waals surface area contributed by atoms with E-state index in [2.05, 4.69) is 0 Å². The summed E-state index contributed by atoms with van der Waals surface area (Å²) in [5, 5.41) is 0. The SMILES string of the molecule is CC(=O)c1ccc(S(=O)(=O)N2CCN(C(=O)c3cc4c(s3)CCCCC4)CC2)cc1. The average Bonchev–Trinajstić information content (AvgIpc) is 3.03. The fourth-order valence-corrected chi connectivity index (χ4v) is 6.71. The highest BCUT2D eigenvalue weighted by Crippen LogP contribution is 2.30. The molecule has 4 rings (SSSR count). The van der Waals surface area contributed by atoms with Crippen LogP contribution in [0.4, 0.5) is 0 Å². The summed E-state index contributed by atoms with van der Waals surface area (Å²) in [5.41, 5.74) is 1.80. The van der Waals surface area contributed by atoms with Gasteiger partial charge in [0.15, 0.2) is 5.78 Å². The summed E-state index contributed by atoms with van der Waals surface area (Å²) in [4.78, 5) is 28.4. The molecule has 0 N–H and O–H groups in total. The zero-order valence-corrected chi connectivity index (χ0v) is 18.7. The predicted molar refractivity (Wildman–Crippen MR) is 117 cm³/mol. The summed E-state index contributed by atoms with van der Waals surface area (Å²) < 4.78 is 27.3. The first-order valence-corrected chi connectivity index (χ1v) is 12.6. The van der Waals surface area contributed by atoms with Crippen LogP contribution in [0.1, 0.15) is 56.7 Å². The van der Waals surface area contributed by atoms with Gasteiger partial charge in [-0.2, -0.15) is 4.31 Å². The fourth-order valence-electron chi connectivity index (χ4n) is 4.07. The smallest absolute Gasteiger partial charge is 0.264 e. The molecule has 1 aromatic heterocycles. The molecule has 0 spiro atoms. The Morgan fingerprint density at radius 3 is 2.27 bits per heavy atom. The first-order valence-electron chi connectivity index (χ1n) is 10.4. The number of aryl methyl sites for hydroxylation is 2. The van der Waals surface area contributed by atoms with Gasteiger partial charge < -0.3 is 4.90 Å². The van der Waals surface area contributed by atoms with Crippen LogP contribution in [0, 0.1) is 0 Å². The van der Waals surface area contributed by atoms with Crippen LogP contribution in [-0.4, -0.2) is 55.5 Å². The van der Waals surface area contributed by atoms with E-state index in [-0.39, 0.29) is 29.7 Å². The van der Waals surface area contributed by atoms with Crippen LogP contribution in [0.2, 0.25) is 0 Å². The standard InChI is InChI=1S/C22H26N2O4S2/c1-16(25)17-7-9-19(10-8-17)30(27,28)24-13-11-23(12-14-24)22(26)21-15-18-5-3-2-4-6-20(18)29-21/h7-10,15H,2-6,11-14H2,1H3. The van der Waals surface area contributed by atoms with E-state index in [0.29, 0.717) is 18.7 Å². The maximum atomic E-state index is 13.0. The molecule has 1 amide bonds. The number of hydrogen-bond acceptors (Lipinski definition) is 5. The second-order valence-corrected chi connectivity index (χ2v) is 11.0. The Bertz CT molecular complexity index is 1030. The van der Waals surface area contributed by atoms with Crippen molar-refractivity contribution in [3.8, 4) is 0 Å². The number of Topliss-reactive ketones (excluding diaryl/α,β-unsaturated/α-hetero) is 1. The molecule has 0 saturated carbocycles. The van der Waals surface area contributed by atoms with E-state index in [0.717, 1.165) is 17.7 Å². The highest BCUT2D eigenvalue weighted by molar-refractivity contribution is 7.89. The molecule has 2 aliphatic rings. The molecule has 1 saturated heterocycles. The van der Waals surface area contributed by atoms with Gasteiger partial charge >= 0.3 is 0 Å². The molecule has 0 radical (unpaired) electrons. The van der Waals surface area contributed by atoms with Crippen molar-refractivity contribution in [2.75, 3.05) is 26.2 Å². The molecular formula is C22H26N2O4S2. The van der Waals surface area contributed by atoms with Gasteiger partial charge in [-0.3, -0.25) is 9.59 Å². The van der Waals surface area contributed by atoms with E-state index >= 15 is 0 Å². The molecule has 30 heavy (non-hydrogen) atoms. The second-order valence-electron chi connectivity index (χ2n) is 7.90. The number of thiophene rings is 1. The quantitative estimate of drug-likeness (QED) is 0.533. The summed E-state index contributed by atoms with van der Waals surface area (Å²) in [5.74, 6) is -0.0899. The van der Waals surface area contributed by atoms with E-state index < -0.39 is 10.0 Å². The van der Waals surface area contributed by atoms with Crippen LogP contribution in [0.3, 0.4) is 0 Å². The molecule has 1 aliphatic heterocycles. The predicted octanol–water partition coefficient (Wildman–Crippen LogP) is 3.37. The largest absolute Gasteiger partial charge is 0.335 e. The van der Waals surface area contributed by atoms with Gasteiger partial charge in [0, 0.05) is 36.6 Å². The average molecular weight is 447 g/mol. The summed E-state index contributed by atoms with van der Waals surface area (Å²) in [7, 11) is -3.64. The Hall–Kier alpha value is -2.03. The van der Waals surface area contributed by atoms with Crippen LogP contribution in [-0.2, 0) is 22.9 Å². The molecule has 160 valence electrons. The van der Waals surface area contributed by atoms with Crippen molar-refractivity contribution in [3.63, 3.8) is 0 Å². The number of benzene rings is 1. The zero-order chi connectivity index (χ0) is 21.3. The zero-order valence-electron chi connectivity index (χ0n) is 17.1. The highest BCUT2D eigenvalue weighted by atomic mass is 32.2. The van der Waals surface area contributed by atoms with Gasteiger partial charge in [0.1, 0.15) is 0 Å². The van der Waals surface area contributed by atoms with Crippen molar-refractivity contribution in [1.82, 2.24) is 9.21 Å². The van der Waals surface area contributed by atoms with Crippen LogP contribution in [0.25, 0.3) is 0 Å². The normalized spacial score (nSPS) is 18.0. The van der Waals surface area contributed by atoms with E-state index in [1.54, 1.807) is 16.2 Å². The Morgan fingerprint density at radius 2 is 1.60 bits per heavy atom. The third kappa shape index (κ3) is 4.22. The Kier molecular flexibility index (Phi) is 6.09. The first kappa shape index (κ1) is 21.2. The minimum atomic E-state index is -3.64. The monoisotopic (exact) mass is 446 g/mol. The number of nitrogens with zero attached hydrogens (tertiary/aromatic N) is 2. The van der Waals surface area contributed by atoms with Gasteiger partial charge in [-0.25, -0.2) is 8.42 Å². The first-order chi connectivity index (χ1) is 14.4. The molecule has 1 aromatic carbocycles. The van der Waals surface area contributed by atoms with Crippen molar-refractivity contribution < 1.29 is 18.0 Å². The lowest BCUT2D eigenvalue weighted by atomic mass is 10.1. The molecule has 6 nitrogen and oxygen atoms in total. The Labute approximate surface area is 181 Å². The lowest BCUT2D eigenvalue weighted by molar-refractivity contribution is 0.0702. The molecule has 1 aliphatic carbocycles. The van der Waals surface area contributed by atoms with Crippen LogP contribution < -0.4 is 0 Å². The van der Waals surface area contributed by atoms with Crippen molar-refractivity contribution >= 4 is 33.1 Å². The van der Waals surface area contributed by atoms with Gasteiger partial charge in [-0.15, -0.1) is 11.3 Å². The van der Waals surface area contributed by atoms with Crippen LogP contribution in [0.5, 0.6) is 0 Å². The molecule has 0 bridgehead atoms.